The first-order valence-electron chi connectivity index (χ1n) is 7.10. The summed E-state index contributed by atoms with van der Waals surface area (Å²) in [6.45, 7) is 3.78. The predicted molar refractivity (Wildman–Crippen MR) is 89.9 cm³/mol. The summed E-state index contributed by atoms with van der Waals surface area (Å²) < 4.78 is 0. The Bertz CT molecular complexity index is 719. The molecule has 0 radical (unpaired) electrons. The van der Waals surface area contributed by atoms with Crippen molar-refractivity contribution in [1.29, 1.82) is 0 Å². The summed E-state index contributed by atoms with van der Waals surface area (Å²) in [7, 11) is 0. The number of rotatable bonds is 5. The van der Waals surface area contributed by atoms with E-state index in [4.69, 9.17) is 0 Å². The first-order chi connectivity index (χ1) is 11.0. The Morgan fingerprint density at radius 1 is 1.22 bits per heavy atom. The van der Waals surface area contributed by atoms with Crippen molar-refractivity contribution < 1.29 is 15.0 Å². The van der Waals surface area contributed by atoms with Crippen molar-refractivity contribution in [1.82, 2.24) is 5.43 Å². The summed E-state index contributed by atoms with van der Waals surface area (Å²) in [5, 5.41) is 25.9. The fourth-order valence-electron chi connectivity index (χ4n) is 2.07. The molecule has 0 aromatic heterocycles. The van der Waals surface area contributed by atoms with E-state index in [2.05, 4.69) is 15.8 Å². The zero-order valence-corrected chi connectivity index (χ0v) is 13.0. The zero-order chi connectivity index (χ0) is 16.8. The van der Waals surface area contributed by atoms with Crippen molar-refractivity contribution in [3.63, 3.8) is 0 Å². The molecule has 0 saturated carbocycles. The van der Waals surface area contributed by atoms with Crippen molar-refractivity contribution in [2.24, 2.45) is 5.10 Å². The number of amides is 1. The summed E-state index contributed by atoms with van der Waals surface area (Å²) in [5.41, 5.74) is 5.43. The number of nitrogens with zero attached hydrogens (tertiary/aromatic N) is 1. The van der Waals surface area contributed by atoms with E-state index in [1.54, 1.807) is 6.92 Å². The molecule has 0 bridgehead atoms. The zero-order valence-electron chi connectivity index (χ0n) is 13.0. The molecular weight excluding hydrogens is 294 g/mol. The molecule has 4 N–H and O–H groups in total. The lowest BCUT2D eigenvalue weighted by Gasteiger charge is -2.06. The second kappa shape index (κ2) is 7.31. The topological polar surface area (TPSA) is 94.0 Å². The van der Waals surface area contributed by atoms with Crippen LogP contribution in [0, 0.1) is 13.8 Å². The molecule has 0 aliphatic rings. The van der Waals surface area contributed by atoms with Gasteiger partial charge in [0.1, 0.15) is 11.5 Å². The van der Waals surface area contributed by atoms with Gasteiger partial charge in [0.05, 0.1) is 12.8 Å². The molecule has 1 amide bonds. The second-order valence-corrected chi connectivity index (χ2v) is 5.21. The van der Waals surface area contributed by atoms with Gasteiger partial charge < -0.3 is 15.5 Å². The highest BCUT2D eigenvalue weighted by Crippen LogP contribution is 2.24. The van der Waals surface area contributed by atoms with Gasteiger partial charge in [0.2, 0.25) is 0 Å². The molecule has 0 heterocycles. The molecule has 0 aliphatic carbocycles. The van der Waals surface area contributed by atoms with Crippen molar-refractivity contribution in [2.75, 3.05) is 11.9 Å². The molecule has 0 aliphatic heterocycles. The van der Waals surface area contributed by atoms with Gasteiger partial charge >= 0.3 is 0 Å². The summed E-state index contributed by atoms with van der Waals surface area (Å²) in [6, 6.07) is 10.4. The van der Waals surface area contributed by atoms with Crippen LogP contribution in [0.2, 0.25) is 0 Å². The highest BCUT2D eigenvalue weighted by atomic mass is 16.3. The Morgan fingerprint density at radius 3 is 2.70 bits per heavy atom. The van der Waals surface area contributed by atoms with Gasteiger partial charge in [-0.25, -0.2) is 5.43 Å². The van der Waals surface area contributed by atoms with Crippen LogP contribution in [0.15, 0.2) is 41.5 Å². The number of phenols is 2. The van der Waals surface area contributed by atoms with E-state index in [1.165, 1.54) is 18.3 Å². The average molecular weight is 313 g/mol. The molecular formula is C17H19N3O3. The van der Waals surface area contributed by atoms with Crippen molar-refractivity contribution in [3.8, 4) is 11.5 Å². The van der Waals surface area contributed by atoms with Crippen LogP contribution in [-0.4, -0.2) is 28.9 Å². The number of benzene rings is 2. The van der Waals surface area contributed by atoms with Crippen molar-refractivity contribution in [2.45, 2.75) is 13.8 Å². The maximum atomic E-state index is 11.7. The van der Waals surface area contributed by atoms with E-state index in [0.29, 0.717) is 11.1 Å². The van der Waals surface area contributed by atoms with Crippen LogP contribution in [0.1, 0.15) is 16.7 Å². The first-order valence-corrected chi connectivity index (χ1v) is 7.10. The smallest absolute Gasteiger partial charge is 0.259 e. The lowest BCUT2D eigenvalue weighted by Crippen LogP contribution is -2.25. The number of aromatic hydroxyl groups is 2. The molecule has 0 saturated heterocycles. The summed E-state index contributed by atoms with van der Waals surface area (Å²) in [6.07, 6.45) is 1.34. The molecule has 120 valence electrons. The van der Waals surface area contributed by atoms with Gasteiger partial charge in [-0.3, -0.25) is 4.79 Å². The van der Waals surface area contributed by atoms with E-state index in [-0.39, 0.29) is 24.0 Å². The lowest BCUT2D eigenvalue weighted by atomic mass is 10.1. The Kier molecular flexibility index (Phi) is 5.19. The quantitative estimate of drug-likeness (QED) is 0.503. The molecule has 23 heavy (non-hydrogen) atoms. The normalized spacial score (nSPS) is 10.7. The second-order valence-electron chi connectivity index (χ2n) is 5.21. The molecule has 0 spiro atoms. The molecule has 2 aromatic rings. The highest BCUT2D eigenvalue weighted by Gasteiger charge is 2.05. The van der Waals surface area contributed by atoms with Crippen LogP contribution in [-0.2, 0) is 4.79 Å². The van der Waals surface area contributed by atoms with Crippen LogP contribution < -0.4 is 10.7 Å². The molecule has 0 atom stereocenters. The lowest BCUT2D eigenvalue weighted by molar-refractivity contribution is -0.119. The molecule has 0 fully saturated rings. The third-order valence-corrected chi connectivity index (χ3v) is 3.20. The number of hydrazone groups is 1. The third-order valence-electron chi connectivity index (χ3n) is 3.20. The number of carbonyl (C=O) groups is 1. The minimum absolute atomic E-state index is 0.0245. The predicted octanol–water partition coefficient (Wildman–Crippen LogP) is 2.28. The minimum atomic E-state index is -0.307. The van der Waals surface area contributed by atoms with E-state index in [0.717, 1.165) is 11.3 Å². The van der Waals surface area contributed by atoms with Gasteiger partial charge in [-0.1, -0.05) is 12.1 Å². The van der Waals surface area contributed by atoms with Gasteiger partial charge in [-0.2, -0.15) is 5.10 Å². The summed E-state index contributed by atoms with van der Waals surface area (Å²) >= 11 is 0. The van der Waals surface area contributed by atoms with Crippen LogP contribution >= 0.6 is 0 Å². The highest BCUT2D eigenvalue weighted by molar-refractivity contribution is 5.87. The molecule has 6 heteroatoms. The number of nitrogens with one attached hydrogen (secondary N) is 2. The molecule has 6 nitrogen and oxygen atoms in total. The number of hydrogen-bond acceptors (Lipinski definition) is 5. The Balaban J connectivity index is 1.89. The maximum absolute atomic E-state index is 11.7. The van der Waals surface area contributed by atoms with Gasteiger partial charge in [0.25, 0.3) is 5.91 Å². The van der Waals surface area contributed by atoms with E-state index in [1.807, 2.05) is 31.2 Å². The van der Waals surface area contributed by atoms with Crippen molar-refractivity contribution in [3.05, 3.63) is 53.1 Å². The maximum Gasteiger partial charge on any atom is 0.259 e. The number of carbonyl (C=O) groups excluding carboxylic acids is 1. The fourth-order valence-corrected chi connectivity index (χ4v) is 2.07. The molecule has 2 aromatic carbocycles. The molecule has 2 rings (SSSR count). The number of anilines is 1. The van der Waals surface area contributed by atoms with E-state index >= 15 is 0 Å². The standard InChI is InChI=1S/C17H19N3O3/c1-11-4-3-5-13(6-11)18-10-17(23)20-19-9-15-12(2)7-14(21)8-16(15)22/h3-9,18,21-22H,10H2,1-2H3,(H,20,23)/b19-9-. The summed E-state index contributed by atoms with van der Waals surface area (Å²) in [5.74, 6) is -0.430. The van der Waals surface area contributed by atoms with Gasteiger partial charge in [0.15, 0.2) is 0 Å². The van der Waals surface area contributed by atoms with Gasteiger partial charge in [-0.05, 0) is 43.2 Å². The van der Waals surface area contributed by atoms with Crippen LogP contribution in [0.25, 0.3) is 0 Å². The number of hydrogen-bond donors (Lipinski definition) is 4. The summed E-state index contributed by atoms with van der Waals surface area (Å²) in [4.78, 5) is 11.7. The van der Waals surface area contributed by atoms with Crippen LogP contribution in [0.3, 0.4) is 0 Å². The van der Waals surface area contributed by atoms with E-state index in [9.17, 15) is 15.0 Å². The third kappa shape index (κ3) is 4.74. The van der Waals surface area contributed by atoms with Crippen LogP contribution in [0.5, 0.6) is 11.5 Å². The van der Waals surface area contributed by atoms with Crippen LogP contribution in [0.4, 0.5) is 5.69 Å². The van der Waals surface area contributed by atoms with E-state index < -0.39 is 0 Å². The van der Waals surface area contributed by atoms with Gasteiger partial charge in [-0.15, -0.1) is 0 Å². The monoisotopic (exact) mass is 313 g/mol. The number of aryl methyl sites for hydroxylation is 2. The van der Waals surface area contributed by atoms with Crippen molar-refractivity contribution >= 4 is 17.8 Å². The minimum Gasteiger partial charge on any atom is -0.508 e. The Hall–Kier alpha value is -3.02. The largest absolute Gasteiger partial charge is 0.508 e. The van der Waals surface area contributed by atoms with Gasteiger partial charge in [0, 0.05) is 17.3 Å². The Morgan fingerprint density at radius 2 is 2.00 bits per heavy atom. The Labute approximate surface area is 134 Å². The fraction of sp³-hybridized carbons (Fsp3) is 0.176. The first kappa shape index (κ1) is 16.4. The average Bonchev–Trinajstić information content (AvgIpc) is 2.48. The number of phenolic OH excluding ortho intramolecular Hbond substituents is 2. The molecule has 0 unspecified atom stereocenters. The SMILES string of the molecule is Cc1cccc(NCC(=O)N/N=C\c2c(C)cc(O)cc2O)c1.